The van der Waals surface area contributed by atoms with Crippen LogP contribution in [0.15, 0.2) is 18.2 Å². The van der Waals surface area contributed by atoms with Gasteiger partial charge in [-0.25, -0.2) is 9.69 Å². The van der Waals surface area contributed by atoms with Gasteiger partial charge in [-0.05, 0) is 23.6 Å². The molecule has 1 heterocycles. The van der Waals surface area contributed by atoms with Crippen molar-refractivity contribution >= 4 is 23.8 Å². The second kappa shape index (κ2) is 8.73. The van der Waals surface area contributed by atoms with Gasteiger partial charge in [0.05, 0.1) is 14.2 Å². The van der Waals surface area contributed by atoms with Gasteiger partial charge < -0.3 is 14.4 Å². The van der Waals surface area contributed by atoms with Gasteiger partial charge in [-0.1, -0.05) is 19.9 Å². The van der Waals surface area contributed by atoms with E-state index in [1.807, 2.05) is 13.8 Å². The molecule has 1 aliphatic heterocycles. The molecule has 0 unspecified atom stereocenters. The Labute approximate surface area is 163 Å². The second-order valence-electron chi connectivity index (χ2n) is 6.92. The fourth-order valence-corrected chi connectivity index (χ4v) is 2.81. The summed E-state index contributed by atoms with van der Waals surface area (Å²) in [5.74, 6) is -1.22. The fraction of sp³-hybridized carbons (Fsp3) is 0.474. The molecule has 0 aliphatic carbocycles. The third kappa shape index (κ3) is 4.41. The average molecular weight is 391 g/mol. The van der Waals surface area contributed by atoms with Gasteiger partial charge in [0.15, 0.2) is 11.5 Å². The summed E-state index contributed by atoms with van der Waals surface area (Å²) >= 11 is 0. The summed E-state index contributed by atoms with van der Waals surface area (Å²) in [7, 11) is 4.60. The molecule has 28 heavy (non-hydrogen) atoms. The van der Waals surface area contributed by atoms with E-state index < -0.39 is 30.3 Å². The van der Waals surface area contributed by atoms with E-state index in [0.29, 0.717) is 16.4 Å². The number of methoxy groups -OCH3 is 2. The van der Waals surface area contributed by atoms with Crippen LogP contribution < -0.4 is 9.47 Å². The zero-order chi connectivity index (χ0) is 21.0. The van der Waals surface area contributed by atoms with Gasteiger partial charge in [0, 0.05) is 20.1 Å². The normalized spacial score (nSPS) is 14.1. The summed E-state index contributed by atoms with van der Waals surface area (Å²) in [6, 6.07) is 4.49. The summed E-state index contributed by atoms with van der Waals surface area (Å²) in [6.07, 6.45) is 0. The molecule has 152 valence electrons. The highest BCUT2D eigenvalue weighted by Gasteiger charge is 2.45. The molecule has 9 heteroatoms. The van der Waals surface area contributed by atoms with Crippen LogP contribution in [0.2, 0.25) is 0 Å². The molecule has 0 spiro atoms. The standard InChI is InChI=1S/C19H25N3O6/c1-12(2)9-21-17(24)18(25)22(19(21)26)11-16(23)20(3)10-13-6-7-14(27-4)15(8-13)28-5/h6-8,12H,9-11H2,1-5H3. The first-order chi connectivity index (χ1) is 13.2. The minimum absolute atomic E-state index is 0.0177. The number of benzene rings is 1. The average Bonchev–Trinajstić information content (AvgIpc) is 2.85. The smallest absolute Gasteiger partial charge is 0.334 e. The van der Waals surface area contributed by atoms with Crippen LogP contribution in [0, 0.1) is 5.92 Å². The van der Waals surface area contributed by atoms with Crippen LogP contribution in [0.3, 0.4) is 0 Å². The first-order valence-electron chi connectivity index (χ1n) is 8.81. The van der Waals surface area contributed by atoms with Crippen LogP contribution >= 0.6 is 0 Å². The van der Waals surface area contributed by atoms with Crippen molar-refractivity contribution in [3.63, 3.8) is 0 Å². The Bertz CT molecular complexity index is 792. The van der Waals surface area contributed by atoms with Crippen LogP contribution in [0.4, 0.5) is 4.79 Å². The number of hydrogen-bond donors (Lipinski definition) is 0. The molecule has 5 amide bonds. The molecule has 0 aromatic heterocycles. The molecule has 0 N–H and O–H groups in total. The molecule has 0 radical (unpaired) electrons. The van der Waals surface area contributed by atoms with Gasteiger partial charge in [-0.3, -0.25) is 19.3 Å². The van der Waals surface area contributed by atoms with Crippen molar-refractivity contribution in [1.29, 1.82) is 0 Å². The largest absolute Gasteiger partial charge is 0.493 e. The van der Waals surface area contributed by atoms with Crippen LogP contribution in [0.25, 0.3) is 0 Å². The first-order valence-corrected chi connectivity index (χ1v) is 8.81. The van der Waals surface area contributed by atoms with E-state index in [9.17, 15) is 19.2 Å². The number of urea groups is 1. The van der Waals surface area contributed by atoms with Gasteiger partial charge in [0.2, 0.25) is 5.91 Å². The number of imide groups is 2. The van der Waals surface area contributed by atoms with Crippen molar-refractivity contribution in [3.05, 3.63) is 23.8 Å². The van der Waals surface area contributed by atoms with Crippen LogP contribution in [-0.2, 0) is 20.9 Å². The Hall–Kier alpha value is -3.10. The number of likely N-dealkylation sites (N-methyl/N-ethyl adjacent to an activating group) is 1. The van der Waals surface area contributed by atoms with E-state index in [1.165, 1.54) is 19.1 Å². The Morgan fingerprint density at radius 1 is 1.04 bits per heavy atom. The highest BCUT2D eigenvalue weighted by molar-refractivity contribution is 6.45. The minimum Gasteiger partial charge on any atom is -0.493 e. The van der Waals surface area contributed by atoms with Crippen molar-refractivity contribution in [1.82, 2.24) is 14.7 Å². The number of carbonyl (C=O) groups excluding carboxylic acids is 4. The lowest BCUT2D eigenvalue weighted by Gasteiger charge is -2.21. The predicted molar refractivity (Wildman–Crippen MR) is 99.7 cm³/mol. The number of nitrogens with zero attached hydrogens (tertiary/aromatic N) is 3. The van der Waals surface area contributed by atoms with Gasteiger partial charge in [-0.15, -0.1) is 0 Å². The number of rotatable bonds is 8. The molecule has 1 aromatic rings. The zero-order valence-electron chi connectivity index (χ0n) is 16.7. The minimum atomic E-state index is -0.974. The molecular formula is C19H25N3O6. The number of hydrogen-bond acceptors (Lipinski definition) is 6. The highest BCUT2D eigenvalue weighted by atomic mass is 16.5. The maximum absolute atomic E-state index is 12.5. The van der Waals surface area contributed by atoms with Crippen LogP contribution in [0.5, 0.6) is 11.5 Å². The topological polar surface area (TPSA) is 96.5 Å². The van der Waals surface area contributed by atoms with Crippen molar-refractivity contribution in [3.8, 4) is 11.5 Å². The van der Waals surface area contributed by atoms with Crippen LogP contribution in [-0.4, -0.2) is 72.8 Å². The Morgan fingerprint density at radius 3 is 2.21 bits per heavy atom. The highest BCUT2D eigenvalue weighted by Crippen LogP contribution is 2.28. The number of amides is 5. The van der Waals surface area contributed by atoms with E-state index in [1.54, 1.807) is 25.2 Å². The van der Waals surface area contributed by atoms with Crippen molar-refractivity contribution in [2.75, 3.05) is 34.4 Å². The van der Waals surface area contributed by atoms with E-state index in [0.717, 1.165) is 10.5 Å². The van der Waals surface area contributed by atoms with E-state index in [-0.39, 0.29) is 19.0 Å². The molecule has 0 bridgehead atoms. The third-order valence-corrected chi connectivity index (χ3v) is 4.27. The maximum Gasteiger partial charge on any atom is 0.334 e. The number of ether oxygens (including phenoxy) is 2. The molecule has 9 nitrogen and oxygen atoms in total. The van der Waals surface area contributed by atoms with Gasteiger partial charge in [0.1, 0.15) is 6.54 Å². The number of carbonyl (C=O) groups is 4. The van der Waals surface area contributed by atoms with E-state index >= 15 is 0 Å². The Morgan fingerprint density at radius 2 is 1.64 bits per heavy atom. The summed E-state index contributed by atoms with van der Waals surface area (Å²) in [5.41, 5.74) is 0.782. The molecule has 1 aromatic carbocycles. The molecule has 0 atom stereocenters. The quantitative estimate of drug-likeness (QED) is 0.487. The SMILES string of the molecule is COc1ccc(CN(C)C(=O)CN2C(=O)C(=O)N(CC(C)C)C2=O)cc1OC. The first kappa shape index (κ1) is 21.2. The lowest BCUT2D eigenvalue weighted by molar-refractivity contribution is -0.144. The lowest BCUT2D eigenvalue weighted by Crippen LogP contribution is -2.42. The summed E-state index contributed by atoms with van der Waals surface area (Å²) in [4.78, 5) is 51.9. The molecule has 2 rings (SSSR count). The molecule has 1 saturated heterocycles. The van der Waals surface area contributed by atoms with E-state index in [2.05, 4.69) is 0 Å². The van der Waals surface area contributed by atoms with Crippen molar-refractivity contribution < 1.29 is 28.7 Å². The molecule has 1 fully saturated rings. The van der Waals surface area contributed by atoms with Crippen molar-refractivity contribution in [2.24, 2.45) is 5.92 Å². The van der Waals surface area contributed by atoms with Crippen LogP contribution in [0.1, 0.15) is 19.4 Å². The predicted octanol–water partition coefficient (Wildman–Crippen LogP) is 1.11. The molecular weight excluding hydrogens is 366 g/mol. The summed E-state index contributed by atoms with van der Waals surface area (Å²) < 4.78 is 10.4. The molecule has 1 aliphatic rings. The van der Waals surface area contributed by atoms with Gasteiger partial charge >= 0.3 is 17.8 Å². The third-order valence-electron chi connectivity index (χ3n) is 4.27. The molecule has 0 saturated carbocycles. The monoisotopic (exact) mass is 391 g/mol. The fourth-order valence-electron chi connectivity index (χ4n) is 2.81. The van der Waals surface area contributed by atoms with Gasteiger partial charge in [0.25, 0.3) is 0 Å². The second-order valence-corrected chi connectivity index (χ2v) is 6.92. The summed E-state index contributed by atoms with van der Waals surface area (Å²) in [5, 5.41) is 0. The van der Waals surface area contributed by atoms with Gasteiger partial charge in [-0.2, -0.15) is 0 Å². The van der Waals surface area contributed by atoms with Crippen molar-refractivity contribution in [2.45, 2.75) is 20.4 Å². The Balaban J connectivity index is 2.05. The zero-order valence-corrected chi connectivity index (χ0v) is 16.7. The van der Waals surface area contributed by atoms with E-state index in [4.69, 9.17) is 9.47 Å². The summed E-state index contributed by atoms with van der Waals surface area (Å²) in [6.45, 7) is 3.54. The Kier molecular flexibility index (Phi) is 6.61. The maximum atomic E-state index is 12.5. The lowest BCUT2D eigenvalue weighted by atomic mass is 10.2.